The van der Waals surface area contributed by atoms with Crippen LogP contribution in [-0.2, 0) is 79.4 Å². The molecule has 39 nitrogen and oxygen atoms in total. The van der Waals surface area contributed by atoms with Gasteiger partial charge in [-0.3, -0.25) is 75.6 Å². The van der Waals surface area contributed by atoms with Crippen LogP contribution >= 0.6 is 24.2 Å². The Morgan fingerprint density at radius 2 is 0.807 bits per heavy atom. The molecule has 6 aliphatic carbocycles. The number of aliphatic hydroxyl groups excluding tert-OH is 1. The molecule has 0 bridgehead atoms. The minimum absolute atomic E-state index is 0.00859. The van der Waals surface area contributed by atoms with Gasteiger partial charge in [-0.15, -0.1) is 5.10 Å². The SMILES string of the molecule is C1=NN=NC1.CC(C)N(C)P(OC(C)(C)C)OC(C)(C)C.COc1cccc2[nH]c(C(=O)N3C[C@@H]4CCC[C@@H]4[C@H]3C(=O)N[C@@H](C[C@@H]3CCCC3=O)C(=O)CO)cc12.COc1cccc2[nH]c(C(=O)N3C[C@@H]4CCC[C@@H]4[C@H]3C(=O)N[C@@H](C[C@@H]3CCCC3=O)C(=O)COP(=O)(O)O)cc12.COc1cccc2[nH]c(C(=O)N3C[C@@H]4CCC[C@@H]4[C@H]3C(=O)N[C@@H](C[C@@H]3CCCC3=O)C(=O)COP(=O)(OC(C)(C)C)OC(C)(C)C)cc12. The van der Waals surface area contributed by atoms with E-state index in [9.17, 15) is 71.8 Å². The smallest absolute Gasteiger partial charge is 0.476 e. The lowest BCUT2D eigenvalue weighted by Crippen LogP contribution is -2.53. The number of phosphoric acid groups is 2. The third-order valence-electron chi connectivity index (χ3n) is 28.2. The maximum absolute atomic E-state index is 14.2. The molecule has 0 unspecified atom stereocenters. The number of Topliss-reactive ketones (excluding diaryl/α,β-unsaturated/α-hetero) is 6. The Bertz CT molecular complexity index is 5760. The first-order chi connectivity index (χ1) is 68.3. The van der Waals surface area contributed by atoms with Crippen LogP contribution in [0.5, 0.6) is 17.2 Å². The van der Waals surface area contributed by atoms with Gasteiger partial charge in [-0.05, 0) is 296 Å². The highest BCUT2D eigenvalue weighted by Crippen LogP contribution is 2.56. The lowest BCUT2D eigenvalue weighted by Gasteiger charge is -2.37. The molecule has 6 saturated carbocycles. The predicted molar refractivity (Wildman–Crippen MR) is 543 cm³/mol. The van der Waals surface area contributed by atoms with Crippen LogP contribution in [0.15, 0.2) is 88.2 Å². The Hall–Kier alpha value is -9.72. The molecule has 4 aliphatic heterocycles. The number of rotatable bonds is 34. The average molecular weight is 2080 g/mol. The molecule has 6 amide bonds. The molecule has 16 rings (SSSR count). The second-order valence-electron chi connectivity index (χ2n) is 43.6. The van der Waals surface area contributed by atoms with Crippen molar-refractivity contribution in [1.29, 1.82) is 0 Å². The maximum atomic E-state index is 14.2. The summed E-state index contributed by atoms with van der Waals surface area (Å²) in [5.41, 5.74) is 1.11. The molecule has 3 aromatic carbocycles. The standard InChI is InChI=1S/C35H50N3O9P.C27H34N3O9P.C27H33N3O6.C12H28NO2P.C2H3N3/c1-34(2,3)46-48(43,47-35(4,5)6)45-20-29(40)26(17-21-11-9-15-28(21)39)37-32(41)31-23-13-8-12-22(23)19-38(31)33(42)27-18-24-25(36-27)14-10-16-30(24)44-7;1-38-24-10-4-8-19-18(24)12-21(28-19)27(34)30-13-16-6-2-7-17(16)25(30)26(33)29-20(11-15-5-3-9-22(15)31)23(32)14-39-40(35,36)37;1-36-24-10-4-8-19-18(24)12-21(28-19)27(35)30-13-16-6-2-7-17(16)25(30)26(34)29-20(23(33)14-31)11-15-5-3-9-22(15)32;1-10(2)13(9)16(14-11(3,4)5)15-12(6,7)8;1-2-4-5-3-1/h10,14,16,18,21-23,26,31,36H,8-9,11-13,15,17,19-20H2,1-7H3,(H,37,41);4,8,10,12,15-17,20,25,28H,2-3,5-7,9,11,13-14H2,1H3,(H,29,33)(H2,35,36,37);4,8,10,12,15-17,20,25,28,31H,2-3,5-7,9,11,13-14H2,1H3,(H,29,34);10H,1-9H3;1H,2H2/t21-,22-,23-,26-,31-;2*15-,16-,17-,20-,25-;;/m000../s1. The number of phosphoric ester groups is 2. The van der Waals surface area contributed by atoms with Crippen molar-refractivity contribution in [2.45, 2.75) is 296 Å². The quantitative estimate of drug-likeness (QED) is 0.0169. The number of ketones is 6. The molecule has 42 heteroatoms. The van der Waals surface area contributed by atoms with E-state index in [1.165, 1.54) is 0 Å². The largest absolute Gasteiger partial charge is 0.496 e. The second-order valence-corrected chi connectivity index (χ2v) is 47.8. The Morgan fingerprint density at radius 3 is 1.07 bits per heavy atom. The number of aromatic nitrogens is 3. The highest BCUT2D eigenvalue weighted by molar-refractivity contribution is 7.48. The fraction of sp³-hybridized carbons (Fsp3) is 0.641. The van der Waals surface area contributed by atoms with Crippen molar-refractivity contribution in [2.75, 3.05) is 74.4 Å². The lowest BCUT2D eigenvalue weighted by molar-refractivity contribution is -0.133. The first kappa shape index (κ1) is 114. The summed E-state index contributed by atoms with van der Waals surface area (Å²) >= 11 is 0. The van der Waals surface area contributed by atoms with Gasteiger partial charge in [0.05, 0.1) is 74.6 Å². The number of hydrogen-bond donors (Lipinski definition) is 9. The van der Waals surface area contributed by atoms with Crippen molar-refractivity contribution in [3.8, 4) is 17.2 Å². The number of benzene rings is 3. The lowest BCUT2D eigenvalue weighted by atomic mass is 9.91. The molecule has 145 heavy (non-hydrogen) atoms. The molecular formula is C103H148N13O26P3. The first-order valence-corrected chi connectivity index (χ1v) is 54.7. The molecule has 3 aromatic heterocycles. The molecule has 6 aromatic rings. The fourth-order valence-corrected chi connectivity index (χ4v) is 25.1. The van der Waals surface area contributed by atoms with E-state index < -0.39 is 132 Å². The number of H-pyrrole nitrogens is 3. The van der Waals surface area contributed by atoms with Crippen LogP contribution in [-0.4, -0.2) is 265 Å². The van der Waals surface area contributed by atoms with Crippen LogP contribution in [0.25, 0.3) is 32.7 Å². The van der Waals surface area contributed by atoms with Crippen LogP contribution in [0.3, 0.4) is 0 Å². The first-order valence-electron chi connectivity index (χ1n) is 50.6. The molecule has 796 valence electrons. The van der Waals surface area contributed by atoms with Crippen molar-refractivity contribution in [1.82, 2.24) is 50.3 Å². The van der Waals surface area contributed by atoms with E-state index in [-0.39, 0.29) is 113 Å². The van der Waals surface area contributed by atoms with E-state index in [2.05, 4.69) is 111 Å². The normalized spacial score (nSPS) is 23.6. The van der Waals surface area contributed by atoms with Crippen LogP contribution in [0.1, 0.15) is 263 Å². The van der Waals surface area contributed by atoms with E-state index in [0.717, 1.165) is 96.9 Å². The highest BCUT2D eigenvalue weighted by atomic mass is 31.2. The Morgan fingerprint density at radius 1 is 0.476 bits per heavy atom. The van der Waals surface area contributed by atoms with Crippen molar-refractivity contribution in [3.63, 3.8) is 0 Å². The number of nitrogens with one attached hydrogen (secondary N) is 6. The summed E-state index contributed by atoms with van der Waals surface area (Å²) in [6, 6.07) is 16.6. The molecular weight excluding hydrogens is 1930 g/mol. The van der Waals surface area contributed by atoms with Crippen molar-refractivity contribution >= 4 is 133 Å². The predicted octanol–water partition coefficient (Wildman–Crippen LogP) is 15.2. The van der Waals surface area contributed by atoms with Gasteiger partial charge in [0.15, 0.2) is 17.3 Å². The molecule has 10 aliphatic rings. The molecule has 3 saturated heterocycles. The van der Waals surface area contributed by atoms with Crippen molar-refractivity contribution < 1.29 is 123 Å². The van der Waals surface area contributed by atoms with Crippen LogP contribution in [0.4, 0.5) is 0 Å². The van der Waals surface area contributed by atoms with Gasteiger partial charge in [0.25, 0.3) is 26.2 Å². The topological polar surface area (TPSA) is 516 Å². The van der Waals surface area contributed by atoms with Crippen LogP contribution < -0.4 is 30.2 Å². The van der Waals surface area contributed by atoms with E-state index in [1.807, 2.05) is 55.6 Å². The summed E-state index contributed by atoms with van der Waals surface area (Å²) in [6.07, 6.45) is 15.3. The zero-order valence-corrected chi connectivity index (χ0v) is 89.4. The Labute approximate surface area is 848 Å². The molecule has 9 fully saturated rings. The average Bonchev–Trinajstić information content (AvgIpc) is 1.61. The zero-order valence-electron chi connectivity index (χ0n) is 86.7. The number of fused-ring (bicyclic) bond motifs is 6. The summed E-state index contributed by atoms with van der Waals surface area (Å²) in [5, 5.41) is 30.5. The molecule has 7 heterocycles. The van der Waals surface area contributed by atoms with Gasteiger partial charge >= 0.3 is 15.6 Å². The summed E-state index contributed by atoms with van der Waals surface area (Å²) in [5.74, 6) is -2.75. The molecule has 0 spiro atoms. The van der Waals surface area contributed by atoms with Crippen LogP contribution in [0, 0.1) is 53.3 Å². The number of nitrogens with zero attached hydrogens (tertiary/aromatic N) is 7. The van der Waals surface area contributed by atoms with E-state index in [1.54, 1.807) is 108 Å². The molecule has 15 atom stereocenters. The second kappa shape index (κ2) is 49.2. The van der Waals surface area contributed by atoms with E-state index in [4.69, 9.17) is 46.6 Å². The van der Waals surface area contributed by atoms with E-state index >= 15 is 0 Å². The molecule has 0 radical (unpaired) electrons. The zero-order chi connectivity index (χ0) is 106. The van der Waals surface area contributed by atoms with Gasteiger partial charge in [0.1, 0.15) is 89.6 Å². The van der Waals surface area contributed by atoms with Gasteiger partial charge in [0.2, 0.25) is 17.7 Å². The highest BCUT2D eigenvalue weighted by Gasteiger charge is 2.55. The van der Waals surface area contributed by atoms with Gasteiger partial charge in [-0.25, -0.2) is 13.8 Å². The number of likely N-dealkylation sites (tertiary alicyclic amines) is 3. The minimum Gasteiger partial charge on any atom is -0.496 e. The monoisotopic (exact) mass is 2080 g/mol. The third kappa shape index (κ3) is 30.1. The number of amides is 6. The number of carbonyl (C=O) groups is 12. The number of hydrogen-bond acceptors (Lipinski definition) is 28. The van der Waals surface area contributed by atoms with E-state index in [0.29, 0.717) is 118 Å². The number of ether oxygens (including phenoxy) is 3. The van der Waals surface area contributed by atoms with Gasteiger partial charge in [-0.1, -0.05) is 37.5 Å². The van der Waals surface area contributed by atoms with Gasteiger partial charge in [0, 0.05) is 95.4 Å². The fourth-order valence-electron chi connectivity index (χ4n) is 21.5. The minimum atomic E-state index is -4.92. The summed E-state index contributed by atoms with van der Waals surface area (Å²) in [7, 11) is -3.39. The Balaban J connectivity index is 0.000000177. The maximum Gasteiger partial charge on any atom is 0.476 e. The van der Waals surface area contributed by atoms with Crippen molar-refractivity contribution in [3.05, 3.63) is 89.9 Å². The van der Waals surface area contributed by atoms with Gasteiger partial charge < -0.3 is 83.8 Å². The number of carbonyl (C=O) groups excluding carboxylic acids is 12. The molecule has 9 N–H and O–H groups in total. The summed E-state index contributed by atoms with van der Waals surface area (Å²) < 4.78 is 76.7. The number of methoxy groups -OCH3 is 3. The summed E-state index contributed by atoms with van der Waals surface area (Å²) in [4.78, 5) is 192. The van der Waals surface area contributed by atoms with Gasteiger partial charge in [-0.2, -0.15) is 5.11 Å². The number of aromatic amines is 3. The number of aliphatic hydroxyl groups is 1. The Kier molecular flexibility index (Phi) is 38.6. The van der Waals surface area contributed by atoms with Crippen molar-refractivity contribution in [2.24, 2.45) is 68.7 Å². The van der Waals surface area contributed by atoms with Crippen LogP contribution in [0.2, 0.25) is 0 Å². The third-order valence-corrected chi connectivity index (χ3v) is 33.0. The summed E-state index contributed by atoms with van der Waals surface area (Å²) in [6.45, 7) is 26.5.